The number of nitrogens with one attached hydrogen (secondary N) is 1. The summed E-state index contributed by atoms with van der Waals surface area (Å²) in [6.07, 6.45) is 0.245. The van der Waals surface area contributed by atoms with Gasteiger partial charge in [0.1, 0.15) is 17.4 Å². The van der Waals surface area contributed by atoms with Gasteiger partial charge in [0, 0.05) is 17.5 Å². The maximum Gasteiger partial charge on any atom is 0.135 e. The van der Waals surface area contributed by atoms with Crippen molar-refractivity contribution in [2.75, 3.05) is 6.54 Å². The zero-order valence-electron chi connectivity index (χ0n) is 14.5. The lowest BCUT2D eigenvalue weighted by Gasteiger charge is -2.27. The molecule has 1 atom stereocenters. The second kappa shape index (κ2) is 6.80. The Morgan fingerprint density at radius 1 is 1.08 bits per heavy atom. The third-order valence-electron chi connectivity index (χ3n) is 4.31. The molecule has 3 aromatic rings. The number of hydrogen-bond acceptors (Lipinski definition) is 3. The van der Waals surface area contributed by atoms with Gasteiger partial charge in [-0.1, -0.05) is 48.0 Å². The van der Waals surface area contributed by atoms with Crippen LogP contribution < -0.4 is 5.32 Å². The van der Waals surface area contributed by atoms with Crippen LogP contribution in [-0.2, 0) is 6.42 Å². The number of β-amino-alcohol motifs (C(OH)–C–C–N with tert-alkyl or cyclic N) is 1. The van der Waals surface area contributed by atoms with Crippen LogP contribution in [0.4, 0.5) is 0 Å². The van der Waals surface area contributed by atoms with Crippen LogP contribution in [0.3, 0.4) is 0 Å². The summed E-state index contributed by atoms with van der Waals surface area (Å²) in [5.74, 6) is 0.606. The van der Waals surface area contributed by atoms with E-state index in [2.05, 4.69) is 50.4 Å². The molecule has 0 bridgehead atoms. The third kappa shape index (κ3) is 4.05. The number of hydrogen-bond donors (Lipinski definition) is 2. The molecule has 3 heteroatoms. The largest absolute Gasteiger partial charge is 0.458 e. The smallest absolute Gasteiger partial charge is 0.135 e. The number of para-hydroxylation sites is 1. The van der Waals surface area contributed by atoms with Gasteiger partial charge in [-0.05, 0) is 44.9 Å². The molecule has 2 N–H and O–H groups in total. The lowest BCUT2D eigenvalue weighted by molar-refractivity contribution is 0.138. The second-order valence-corrected chi connectivity index (χ2v) is 7.13. The number of rotatable bonds is 6. The maximum absolute atomic E-state index is 10.4. The highest BCUT2D eigenvalue weighted by atomic mass is 16.4. The summed E-state index contributed by atoms with van der Waals surface area (Å²) in [4.78, 5) is 0. The van der Waals surface area contributed by atoms with E-state index in [9.17, 15) is 5.11 Å². The van der Waals surface area contributed by atoms with E-state index >= 15 is 0 Å². The first-order chi connectivity index (χ1) is 11.4. The highest BCUT2D eigenvalue weighted by molar-refractivity contribution is 5.77. The normalized spacial score (nSPS) is 13.3. The van der Waals surface area contributed by atoms with Gasteiger partial charge < -0.3 is 14.8 Å². The molecule has 3 rings (SSSR count). The number of furan rings is 1. The third-order valence-corrected chi connectivity index (χ3v) is 4.31. The van der Waals surface area contributed by atoms with Crippen molar-refractivity contribution in [2.45, 2.75) is 38.8 Å². The molecule has 0 amide bonds. The Balaban J connectivity index is 1.61. The van der Waals surface area contributed by atoms with Crippen molar-refractivity contribution in [3.63, 3.8) is 0 Å². The molecule has 0 aliphatic carbocycles. The van der Waals surface area contributed by atoms with Gasteiger partial charge in [-0.25, -0.2) is 0 Å². The van der Waals surface area contributed by atoms with Gasteiger partial charge in [0.05, 0.1) is 0 Å². The summed E-state index contributed by atoms with van der Waals surface area (Å²) < 4.78 is 5.74. The first kappa shape index (κ1) is 16.7. The van der Waals surface area contributed by atoms with E-state index in [0.29, 0.717) is 12.3 Å². The van der Waals surface area contributed by atoms with Gasteiger partial charge in [-0.3, -0.25) is 0 Å². The minimum absolute atomic E-state index is 0.109. The molecule has 0 saturated heterocycles. The standard InChI is InChI=1S/C21H25NO2/c1-15-8-10-16(11-9-15)13-21(2,3)22-14-18(23)20-12-17-6-4-5-7-19(17)24-20/h4-12,18,22-23H,13-14H2,1-3H3. The van der Waals surface area contributed by atoms with E-state index in [-0.39, 0.29) is 5.54 Å². The summed E-state index contributed by atoms with van der Waals surface area (Å²) in [5, 5.41) is 14.9. The Bertz CT molecular complexity index is 769. The fourth-order valence-corrected chi connectivity index (χ4v) is 2.92. The first-order valence-electron chi connectivity index (χ1n) is 8.40. The predicted octanol–water partition coefficient (Wildman–Crippen LogP) is 4.39. The number of benzene rings is 2. The maximum atomic E-state index is 10.4. The molecule has 0 aliphatic heterocycles. The minimum atomic E-state index is -0.658. The predicted molar refractivity (Wildman–Crippen MR) is 98.1 cm³/mol. The van der Waals surface area contributed by atoms with Crippen molar-refractivity contribution < 1.29 is 9.52 Å². The first-order valence-corrected chi connectivity index (χ1v) is 8.40. The van der Waals surface area contributed by atoms with Crippen molar-refractivity contribution in [1.29, 1.82) is 0 Å². The molecule has 0 aliphatic rings. The Morgan fingerprint density at radius 2 is 1.79 bits per heavy atom. The van der Waals surface area contributed by atoms with Gasteiger partial charge in [0.15, 0.2) is 0 Å². The molecule has 2 aromatic carbocycles. The molecule has 0 fully saturated rings. The molecule has 24 heavy (non-hydrogen) atoms. The fourth-order valence-electron chi connectivity index (χ4n) is 2.92. The van der Waals surface area contributed by atoms with Gasteiger partial charge in [0.25, 0.3) is 0 Å². The topological polar surface area (TPSA) is 45.4 Å². The van der Waals surface area contributed by atoms with E-state index in [0.717, 1.165) is 17.4 Å². The lowest BCUT2D eigenvalue weighted by atomic mass is 9.94. The Kier molecular flexibility index (Phi) is 4.74. The second-order valence-electron chi connectivity index (χ2n) is 7.13. The zero-order chi connectivity index (χ0) is 17.2. The van der Waals surface area contributed by atoms with Crippen LogP contribution in [0.5, 0.6) is 0 Å². The van der Waals surface area contributed by atoms with Crippen molar-refractivity contribution in [3.8, 4) is 0 Å². The molecule has 0 spiro atoms. The average molecular weight is 323 g/mol. The molecule has 0 radical (unpaired) electrons. The van der Waals surface area contributed by atoms with Crippen molar-refractivity contribution in [3.05, 3.63) is 71.5 Å². The Morgan fingerprint density at radius 3 is 2.50 bits per heavy atom. The minimum Gasteiger partial charge on any atom is -0.458 e. The van der Waals surface area contributed by atoms with E-state index < -0.39 is 6.10 Å². The number of aliphatic hydroxyl groups is 1. The summed E-state index contributed by atoms with van der Waals surface area (Å²) >= 11 is 0. The molecule has 1 aromatic heterocycles. The lowest BCUT2D eigenvalue weighted by Crippen LogP contribution is -2.43. The molecule has 0 saturated carbocycles. The Hall–Kier alpha value is -2.10. The van der Waals surface area contributed by atoms with Gasteiger partial charge in [-0.15, -0.1) is 0 Å². The van der Waals surface area contributed by atoms with E-state index in [1.165, 1.54) is 11.1 Å². The fraction of sp³-hybridized carbons (Fsp3) is 0.333. The summed E-state index contributed by atoms with van der Waals surface area (Å²) in [6.45, 7) is 6.85. The van der Waals surface area contributed by atoms with Crippen molar-refractivity contribution in [1.82, 2.24) is 5.32 Å². The van der Waals surface area contributed by atoms with Gasteiger partial charge in [-0.2, -0.15) is 0 Å². The highest BCUT2D eigenvalue weighted by Crippen LogP contribution is 2.24. The quantitative estimate of drug-likeness (QED) is 0.707. The van der Waals surface area contributed by atoms with Crippen LogP contribution in [0.15, 0.2) is 59.0 Å². The molecule has 3 nitrogen and oxygen atoms in total. The Labute approximate surface area is 143 Å². The van der Waals surface area contributed by atoms with Crippen LogP contribution in [-0.4, -0.2) is 17.2 Å². The van der Waals surface area contributed by atoms with Crippen LogP contribution >= 0.6 is 0 Å². The van der Waals surface area contributed by atoms with Crippen LogP contribution in [0.25, 0.3) is 11.0 Å². The van der Waals surface area contributed by atoms with Crippen molar-refractivity contribution in [2.24, 2.45) is 0 Å². The van der Waals surface area contributed by atoms with Crippen molar-refractivity contribution >= 4 is 11.0 Å². The molecular formula is C21H25NO2. The van der Waals surface area contributed by atoms with E-state index in [1.807, 2.05) is 30.3 Å². The van der Waals surface area contributed by atoms with Gasteiger partial charge >= 0.3 is 0 Å². The summed E-state index contributed by atoms with van der Waals surface area (Å²) in [5.41, 5.74) is 3.26. The van der Waals surface area contributed by atoms with Crippen LogP contribution in [0.1, 0.15) is 36.8 Å². The van der Waals surface area contributed by atoms with Crippen LogP contribution in [0.2, 0.25) is 0 Å². The van der Waals surface area contributed by atoms with E-state index in [4.69, 9.17) is 4.42 Å². The molecule has 1 unspecified atom stereocenters. The highest BCUT2D eigenvalue weighted by Gasteiger charge is 2.21. The number of aliphatic hydroxyl groups excluding tert-OH is 1. The summed E-state index contributed by atoms with van der Waals surface area (Å²) in [6, 6.07) is 18.3. The molecular weight excluding hydrogens is 298 g/mol. The number of aryl methyl sites for hydroxylation is 1. The zero-order valence-corrected chi connectivity index (χ0v) is 14.5. The average Bonchev–Trinajstić information content (AvgIpc) is 2.99. The van der Waals surface area contributed by atoms with E-state index in [1.54, 1.807) is 0 Å². The molecule has 126 valence electrons. The SMILES string of the molecule is Cc1ccc(CC(C)(C)NCC(O)c2cc3ccccc3o2)cc1. The van der Waals surface area contributed by atoms with Gasteiger partial charge in [0.2, 0.25) is 0 Å². The van der Waals surface area contributed by atoms with Crippen LogP contribution in [0, 0.1) is 6.92 Å². The molecule has 1 heterocycles. The monoisotopic (exact) mass is 323 g/mol. The number of fused-ring (bicyclic) bond motifs is 1. The summed E-state index contributed by atoms with van der Waals surface area (Å²) in [7, 11) is 0.